The van der Waals surface area contributed by atoms with Gasteiger partial charge in [-0.1, -0.05) is 55.7 Å². The number of aromatic nitrogens is 1. The lowest BCUT2D eigenvalue weighted by Gasteiger charge is -2.35. The molecular formula is C30H38N4O2S2. The molecule has 1 saturated carbocycles. The molecule has 1 aliphatic heterocycles. The maximum Gasteiger partial charge on any atom is 0.246 e. The van der Waals surface area contributed by atoms with Gasteiger partial charge >= 0.3 is 0 Å². The van der Waals surface area contributed by atoms with Crippen molar-refractivity contribution in [2.75, 3.05) is 13.6 Å². The van der Waals surface area contributed by atoms with E-state index in [0.29, 0.717) is 12.3 Å². The molecule has 2 heterocycles. The van der Waals surface area contributed by atoms with Crippen molar-refractivity contribution >= 4 is 46.6 Å². The Morgan fingerprint density at radius 1 is 1.11 bits per heavy atom. The third-order valence-corrected chi connectivity index (χ3v) is 9.58. The van der Waals surface area contributed by atoms with Crippen molar-refractivity contribution in [1.29, 1.82) is 0 Å². The van der Waals surface area contributed by atoms with E-state index in [-0.39, 0.29) is 29.8 Å². The van der Waals surface area contributed by atoms with E-state index < -0.39 is 6.04 Å². The van der Waals surface area contributed by atoms with E-state index in [4.69, 9.17) is 4.98 Å². The summed E-state index contributed by atoms with van der Waals surface area (Å²) >= 11 is 6.23. The number of amides is 2. The lowest BCUT2D eigenvalue weighted by Crippen LogP contribution is -2.55. The molecule has 0 unspecified atom stereocenters. The molecule has 0 radical (unpaired) electrons. The van der Waals surface area contributed by atoms with Gasteiger partial charge in [-0.05, 0) is 61.9 Å². The van der Waals surface area contributed by atoms with Gasteiger partial charge in [-0.25, -0.2) is 4.98 Å². The Bertz CT molecular complexity index is 1290. The monoisotopic (exact) mass is 550 g/mol. The number of likely N-dealkylation sites (tertiary alicyclic amines) is 1. The first-order chi connectivity index (χ1) is 18.5. The fourth-order valence-corrected chi connectivity index (χ4v) is 7.25. The summed E-state index contributed by atoms with van der Waals surface area (Å²) < 4.78 is 0. The maximum absolute atomic E-state index is 14.1. The molecule has 0 bridgehead atoms. The van der Waals surface area contributed by atoms with Gasteiger partial charge in [0.1, 0.15) is 11.0 Å². The van der Waals surface area contributed by atoms with Crippen LogP contribution in [0.1, 0.15) is 68.5 Å². The number of nitrogens with one attached hydrogen (secondary N) is 2. The van der Waals surface area contributed by atoms with Gasteiger partial charge < -0.3 is 15.5 Å². The zero-order valence-electron chi connectivity index (χ0n) is 22.3. The highest BCUT2D eigenvalue weighted by Crippen LogP contribution is 2.40. The number of carbonyl (C=O) groups is 2. The van der Waals surface area contributed by atoms with Gasteiger partial charge in [-0.15, -0.1) is 11.3 Å². The van der Waals surface area contributed by atoms with Crippen LogP contribution in [0.3, 0.4) is 0 Å². The number of rotatable bonds is 8. The summed E-state index contributed by atoms with van der Waals surface area (Å²) in [5.74, 6) is 0.758. The summed E-state index contributed by atoms with van der Waals surface area (Å²) in [5, 5.41) is 11.6. The molecule has 2 amide bonds. The van der Waals surface area contributed by atoms with Gasteiger partial charge in [-0.2, -0.15) is 12.6 Å². The normalized spacial score (nSPS) is 20.0. The second kappa shape index (κ2) is 12.2. The number of hydrogen-bond acceptors (Lipinski definition) is 6. The molecule has 202 valence electrons. The summed E-state index contributed by atoms with van der Waals surface area (Å²) in [7, 11) is 1.77. The Kier molecular flexibility index (Phi) is 8.71. The second-order valence-electron chi connectivity index (χ2n) is 10.6. The molecule has 6 nitrogen and oxygen atoms in total. The van der Waals surface area contributed by atoms with Crippen LogP contribution in [0, 0.1) is 5.92 Å². The maximum atomic E-state index is 14.1. The molecule has 1 saturated heterocycles. The molecule has 2 aliphatic rings. The Balaban J connectivity index is 1.43. The van der Waals surface area contributed by atoms with Crippen molar-refractivity contribution in [2.24, 2.45) is 5.92 Å². The lowest BCUT2D eigenvalue weighted by atomic mass is 9.83. The molecule has 2 N–H and O–H groups in total. The van der Waals surface area contributed by atoms with E-state index in [0.717, 1.165) is 60.4 Å². The predicted molar refractivity (Wildman–Crippen MR) is 158 cm³/mol. The van der Waals surface area contributed by atoms with Crippen LogP contribution < -0.4 is 10.6 Å². The summed E-state index contributed by atoms with van der Waals surface area (Å²) in [5.41, 5.74) is 3.23. The third kappa shape index (κ3) is 5.49. The van der Waals surface area contributed by atoms with Crippen molar-refractivity contribution in [3.05, 3.63) is 52.3 Å². The average Bonchev–Trinajstić information content (AvgIpc) is 3.65. The van der Waals surface area contributed by atoms with Gasteiger partial charge in [0.25, 0.3) is 0 Å². The van der Waals surface area contributed by atoms with Crippen LogP contribution in [-0.2, 0) is 15.3 Å². The first kappa shape index (κ1) is 27.2. The molecule has 8 heteroatoms. The van der Waals surface area contributed by atoms with Gasteiger partial charge in [0.2, 0.25) is 11.8 Å². The smallest absolute Gasteiger partial charge is 0.246 e. The molecule has 2 fully saturated rings. The second-order valence-corrected chi connectivity index (χ2v) is 11.8. The largest absolute Gasteiger partial charge is 0.343 e. The Morgan fingerprint density at radius 2 is 1.89 bits per heavy atom. The summed E-state index contributed by atoms with van der Waals surface area (Å²) in [6, 6.07) is 11.8. The Morgan fingerprint density at radius 3 is 2.66 bits per heavy atom. The summed E-state index contributed by atoms with van der Waals surface area (Å²) in [6.45, 7) is 2.54. The summed E-state index contributed by atoms with van der Waals surface area (Å²) in [6.07, 6.45) is 7.24. The zero-order chi connectivity index (χ0) is 26.6. The van der Waals surface area contributed by atoms with Gasteiger partial charge in [0, 0.05) is 23.2 Å². The van der Waals surface area contributed by atoms with E-state index in [1.54, 1.807) is 18.4 Å². The van der Waals surface area contributed by atoms with Crippen molar-refractivity contribution in [2.45, 2.75) is 75.7 Å². The molecule has 0 spiro atoms. The summed E-state index contributed by atoms with van der Waals surface area (Å²) in [4.78, 5) is 34.1. The van der Waals surface area contributed by atoms with Crippen LogP contribution in [0.4, 0.5) is 0 Å². The number of benzene rings is 2. The van der Waals surface area contributed by atoms with Crippen molar-refractivity contribution in [1.82, 2.24) is 20.5 Å². The first-order valence-corrected chi connectivity index (χ1v) is 15.4. The van der Waals surface area contributed by atoms with Crippen LogP contribution in [0.25, 0.3) is 22.0 Å². The molecule has 1 aliphatic carbocycles. The standard InChI is InChI=1S/C30H38N4O2S2/c1-19(31-2)28(35)33-27(21-10-4-3-5-11-21)30(36)34-16-8-13-25(34)29-32-24(18-38-29)26-22(17-37)15-14-20-9-6-7-12-23(20)26/h6-7,9,12,14-15,18-19,21,25,27,31,37H,3-5,8,10-11,13,16-17H2,1-2H3,(H,33,35)/t19-,25-,27-/m0/s1. The van der Waals surface area contributed by atoms with Crippen LogP contribution >= 0.6 is 24.0 Å². The quantitative estimate of drug-likeness (QED) is 0.313. The van der Waals surface area contributed by atoms with E-state index in [1.165, 1.54) is 17.2 Å². The average molecular weight is 551 g/mol. The van der Waals surface area contributed by atoms with Crippen LogP contribution in [0.5, 0.6) is 0 Å². The molecule has 3 aromatic rings. The topological polar surface area (TPSA) is 74.3 Å². The van der Waals surface area contributed by atoms with E-state index in [9.17, 15) is 9.59 Å². The van der Waals surface area contributed by atoms with Crippen molar-refractivity contribution < 1.29 is 9.59 Å². The number of nitrogens with zero attached hydrogens (tertiary/aromatic N) is 2. The van der Waals surface area contributed by atoms with Gasteiger partial charge in [0.05, 0.1) is 17.8 Å². The van der Waals surface area contributed by atoms with Crippen LogP contribution in [0.15, 0.2) is 41.8 Å². The number of carbonyl (C=O) groups excluding carboxylic acids is 2. The minimum atomic E-state index is -0.479. The predicted octanol–water partition coefficient (Wildman–Crippen LogP) is 5.73. The van der Waals surface area contributed by atoms with Gasteiger partial charge in [-0.3, -0.25) is 9.59 Å². The highest BCUT2D eigenvalue weighted by Gasteiger charge is 2.40. The molecular weight excluding hydrogens is 512 g/mol. The molecule has 5 rings (SSSR count). The van der Waals surface area contributed by atoms with Crippen molar-refractivity contribution in [3.8, 4) is 11.3 Å². The van der Waals surface area contributed by atoms with E-state index in [2.05, 4.69) is 65.0 Å². The fraction of sp³-hybridized carbons (Fsp3) is 0.500. The number of thiazole rings is 1. The molecule has 3 atom stereocenters. The number of fused-ring (bicyclic) bond motifs is 1. The third-order valence-electron chi connectivity index (χ3n) is 8.30. The highest BCUT2D eigenvalue weighted by atomic mass is 32.1. The number of likely N-dealkylation sites (N-methyl/N-ethyl adjacent to an activating group) is 1. The molecule has 2 aromatic carbocycles. The SMILES string of the molecule is CN[C@@H](C)C(=O)N[C@H](C(=O)N1CCC[C@H]1c1nc(-c2c(CS)ccc3ccccc23)cs1)C1CCCCC1. The number of hydrogen-bond donors (Lipinski definition) is 3. The number of thiol groups is 1. The highest BCUT2D eigenvalue weighted by molar-refractivity contribution is 7.79. The first-order valence-electron chi connectivity index (χ1n) is 13.9. The lowest BCUT2D eigenvalue weighted by molar-refractivity contribution is -0.139. The minimum Gasteiger partial charge on any atom is -0.343 e. The Hall–Kier alpha value is -2.42. The van der Waals surface area contributed by atoms with Crippen molar-refractivity contribution in [3.63, 3.8) is 0 Å². The minimum absolute atomic E-state index is 0.0500. The van der Waals surface area contributed by atoms with Gasteiger partial charge in [0.15, 0.2) is 0 Å². The van der Waals surface area contributed by atoms with Crippen LogP contribution in [-0.4, -0.2) is 47.4 Å². The van der Waals surface area contributed by atoms with E-state index in [1.807, 2.05) is 11.8 Å². The fourth-order valence-electron chi connectivity index (χ4n) is 6.03. The van der Waals surface area contributed by atoms with E-state index >= 15 is 0 Å². The van der Waals surface area contributed by atoms with Crippen LogP contribution in [0.2, 0.25) is 0 Å². The zero-order valence-corrected chi connectivity index (χ0v) is 24.0. The molecule has 38 heavy (non-hydrogen) atoms. The Labute approximate surface area is 235 Å². The molecule has 1 aromatic heterocycles.